The van der Waals surface area contributed by atoms with E-state index in [0.717, 1.165) is 12.4 Å². The van der Waals surface area contributed by atoms with Gasteiger partial charge in [0.25, 0.3) is 5.91 Å². The number of hydrogen-bond acceptors (Lipinski definition) is 7. The third kappa shape index (κ3) is 5.23. The Hall–Kier alpha value is -3.45. The average molecular weight is 532 g/mol. The Morgan fingerprint density at radius 3 is 2.47 bits per heavy atom. The number of alkyl halides is 3. The predicted octanol–water partition coefficient (Wildman–Crippen LogP) is 5.32. The Balaban J connectivity index is 1.88. The lowest BCUT2D eigenvalue weighted by Crippen LogP contribution is -2.30. The van der Waals surface area contributed by atoms with Crippen LogP contribution < -0.4 is 16.2 Å². The zero-order chi connectivity index (χ0) is 23.5. The van der Waals surface area contributed by atoms with Crippen LogP contribution in [0.3, 0.4) is 0 Å². The Morgan fingerprint density at radius 1 is 1.12 bits per heavy atom. The van der Waals surface area contributed by atoms with Crippen LogP contribution in [-0.2, 0) is 6.18 Å². The molecule has 0 unspecified atom stereocenters. The molecule has 2 aromatic carbocycles. The van der Waals surface area contributed by atoms with Crippen molar-refractivity contribution in [3.8, 4) is 0 Å². The molecule has 3 N–H and O–H groups in total. The first kappa shape index (κ1) is 23.2. The van der Waals surface area contributed by atoms with Crippen LogP contribution in [0.2, 0.25) is 5.02 Å². The molecule has 1 heterocycles. The van der Waals surface area contributed by atoms with Gasteiger partial charge in [-0.1, -0.05) is 23.7 Å². The summed E-state index contributed by atoms with van der Waals surface area (Å²) in [5, 5.41) is 13.5. The molecule has 32 heavy (non-hydrogen) atoms. The van der Waals surface area contributed by atoms with E-state index in [9.17, 15) is 28.1 Å². The summed E-state index contributed by atoms with van der Waals surface area (Å²) in [6, 6.07) is 9.35. The number of hydrazine groups is 1. The molecule has 0 saturated heterocycles. The smallest absolute Gasteiger partial charge is 0.334 e. The van der Waals surface area contributed by atoms with E-state index in [-0.39, 0.29) is 11.3 Å². The summed E-state index contributed by atoms with van der Waals surface area (Å²) in [7, 11) is 0. The molecular weight excluding hydrogens is 521 g/mol. The molecule has 0 atom stereocenters. The average Bonchev–Trinajstić information content (AvgIpc) is 2.72. The molecular formula is C18H11BrClF3N6O3. The molecule has 0 fully saturated rings. The quantitative estimate of drug-likeness (QED) is 0.291. The second kappa shape index (κ2) is 9.36. The number of aromatic nitrogens is 2. The van der Waals surface area contributed by atoms with Gasteiger partial charge in [-0.15, -0.1) is 0 Å². The van der Waals surface area contributed by atoms with E-state index in [4.69, 9.17) is 11.6 Å². The second-order valence-electron chi connectivity index (χ2n) is 6.05. The third-order valence-electron chi connectivity index (χ3n) is 3.95. The summed E-state index contributed by atoms with van der Waals surface area (Å²) >= 11 is 8.80. The normalized spacial score (nSPS) is 11.0. The van der Waals surface area contributed by atoms with Gasteiger partial charge in [-0.3, -0.25) is 25.8 Å². The number of amides is 1. The Kier molecular flexibility index (Phi) is 6.79. The molecule has 3 aromatic rings. The molecule has 0 aliphatic heterocycles. The third-order valence-corrected chi connectivity index (χ3v) is 4.97. The molecule has 1 amide bonds. The SMILES string of the molecule is O=C(NNc1ncnc(Nc2ccc(Cl)c(C(F)(F)F)c2)c1[N+](=O)[O-])c1ccccc1Br. The number of benzene rings is 2. The van der Waals surface area contributed by atoms with Crippen LogP contribution in [0.15, 0.2) is 53.3 Å². The molecule has 9 nitrogen and oxygen atoms in total. The van der Waals surface area contributed by atoms with E-state index in [0.29, 0.717) is 10.5 Å². The maximum atomic E-state index is 13.1. The molecule has 0 bridgehead atoms. The largest absolute Gasteiger partial charge is 0.417 e. The fourth-order valence-electron chi connectivity index (χ4n) is 2.52. The zero-order valence-electron chi connectivity index (χ0n) is 15.6. The molecule has 14 heteroatoms. The van der Waals surface area contributed by atoms with Gasteiger partial charge in [0.05, 0.1) is 21.1 Å². The number of anilines is 3. The highest BCUT2D eigenvalue weighted by Crippen LogP contribution is 2.38. The summed E-state index contributed by atoms with van der Waals surface area (Å²) in [6.45, 7) is 0. The minimum atomic E-state index is -4.73. The topological polar surface area (TPSA) is 122 Å². The fourth-order valence-corrected chi connectivity index (χ4v) is 3.21. The minimum Gasteiger partial charge on any atom is -0.334 e. The Morgan fingerprint density at radius 2 is 1.81 bits per heavy atom. The highest BCUT2D eigenvalue weighted by atomic mass is 79.9. The fraction of sp³-hybridized carbons (Fsp3) is 0.0556. The van der Waals surface area contributed by atoms with Crippen molar-refractivity contribution in [1.29, 1.82) is 0 Å². The van der Waals surface area contributed by atoms with E-state index in [1.807, 2.05) is 0 Å². The van der Waals surface area contributed by atoms with Crippen molar-refractivity contribution >= 4 is 56.4 Å². The lowest BCUT2D eigenvalue weighted by molar-refractivity contribution is -0.383. The van der Waals surface area contributed by atoms with E-state index in [2.05, 4.69) is 42.1 Å². The Labute approximate surface area is 191 Å². The lowest BCUT2D eigenvalue weighted by Gasteiger charge is -2.13. The van der Waals surface area contributed by atoms with E-state index in [1.54, 1.807) is 18.2 Å². The van der Waals surface area contributed by atoms with Crippen molar-refractivity contribution in [3.63, 3.8) is 0 Å². The van der Waals surface area contributed by atoms with Crippen molar-refractivity contribution in [2.45, 2.75) is 6.18 Å². The molecule has 0 aliphatic rings. The maximum Gasteiger partial charge on any atom is 0.417 e. The predicted molar refractivity (Wildman–Crippen MR) is 114 cm³/mol. The minimum absolute atomic E-state index is 0.147. The van der Waals surface area contributed by atoms with E-state index < -0.39 is 44.9 Å². The molecule has 166 valence electrons. The monoisotopic (exact) mass is 530 g/mol. The van der Waals surface area contributed by atoms with Gasteiger partial charge in [0.1, 0.15) is 6.33 Å². The summed E-state index contributed by atoms with van der Waals surface area (Å²) in [5.74, 6) is -1.41. The van der Waals surface area contributed by atoms with Crippen molar-refractivity contribution in [3.05, 3.63) is 79.5 Å². The van der Waals surface area contributed by atoms with Crippen LogP contribution >= 0.6 is 27.5 Å². The van der Waals surface area contributed by atoms with Gasteiger partial charge < -0.3 is 5.32 Å². The van der Waals surface area contributed by atoms with Gasteiger partial charge in [0, 0.05) is 10.2 Å². The number of rotatable bonds is 6. The summed E-state index contributed by atoms with van der Waals surface area (Å²) in [5.41, 5.74) is 2.88. The maximum absolute atomic E-state index is 13.1. The first-order valence-corrected chi connectivity index (χ1v) is 9.69. The van der Waals surface area contributed by atoms with Gasteiger partial charge in [0.2, 0.25) is 11.6 Å². The van der Waals surface area contributed by atoms with Crippen molar-refractivity contribution in [1.82, 2.24) is 15.4 Å². The number of nitrogens with zero attached hydrogens (tertiary/aromatic N) is 3. The molecule has 0 saturated carbocycles. The van der Waals surface area contributed by atoms with Crippen molar-refractivity contribution in [2.24, 2.45) is 0 Å². The number of halogens is 5. The summed E-state index contributed by atoms with van der Waals surface area (Å²) in [6.07, 6.45) is -3.79. The van der Waals surface area contributed by atoms with E-state index in [1.165, 1.54) is 12.1 Å². The molecule has 0 spiro atoms. The standard InChI is InChI=1S/C18H11BrClF3N6O3/c19-12-4-2-1-3-10(12)17(30)28-27-16-14(29(31)32)15(24-8-25-16)26-9-5-6-13(20)11(7-9)18(21,22)23/h1-8H,(H,28,30)(H2,24,25,26,27). The van der Waals surface area contributed by atoms with E-state index >= 15 is 0 Å². The molecule has 3 rings (SSSR count). The van der Waals surface area contributed by atoms with Gasteiger partial charge in [0.15, 0.2) is 0 Å². The molecule has 0 radical (unpaired) electrons. The van der Waals surface area contributed by atoms with Crippen molar-refractivity contribution < 1.29 is 22.9 Å². The lowest BCUT2D eigenvalue weighted by atomic mass is 10.2. The van der Waals surface area contributed by atoms with Crippen LogP contribution in [0.5, 0.6) is 0 Å². The zero-order valence-corrected chi connectivity index (χ0v) is 17.9. The number of nitro groups is 1. The first-order valence-electron chi connectivity index (χ1n) is 8.52. The Bertz CT molecular complexity index is 1190. The molecule has 0 aliphatic carbocycles. The van der Waals surface area contributed by atoms with Crippen LogP contribution in [0.4, 0.5) is 36.2 Å². The summed E-state index contributed by atoms with van der Waals surface area (Å²) in [4.78, 5) is 30.5. The van der Waals surface area contributed by atoms with Gasteiger partial charge in [-0.2, -0.15) is 13.2 Å². The molecule has 1 aromatic heterocycles. The van der Waals surface area contributed by atoms with Crippen molar-refractivity contribution in [2.75, 3.05) is 10.7 Å². The number of carbonyl (C=O) groups is 1. The number of hydrogen-bond donors (Lipinski definition) is 3. The second-order valence-corrected chi connectivity index (χ2v) is 7.31. The van der Waals surface area contributed by atoms with Crippen LogP contribution in [0.25, 0.3) is 0 Å². The van der Waals surface area contributed by atoms with Crippen LogP contribution in [0, 0.1) is 10.1 Å². The van der Waals surface area contributed by atoms with Gasteiger partial charge in [-0.25, -0.2) is 9.97 Å². The van der Waals surface area contributed by atoms with Crippen LogP contribution in [0.1, 0.15) is 15.9 Å². The number of carbonyl (C=O) groups excluding carboxylic acids is 1. The van der Waals surface area contributed by atoms with Gasteiger partial charge >= 0.3 is 11.9 Å². The number of nitrogens with one attached hydrogen (secondary N) is 3. The van der Waals surface area contributed by atoms with Gasteiger partial charge in [-0.05, 0) is 46.3 Å². The first-order chi connectivity index (χ1) is 15.1. The van der Waals surface area contributed by atoms with Crippen LogP contribution in [-0.4, -0.2) is 20.8 Å². The highest BCUT2D eigenvalue weighted by molar-refractivity contribution is 9.10. The highest BCUT2D eigenvalue weighted by Gasteiger charge is 2.33. The summed E-state index contributed by atoms with van der Waals surface area (Å²) < 4.78 is 39.7.